The summed E-state index contributed by atoms with van der Waals surface area (Å²) < 4.78 is 5.66. The van der Waals surface area contributed by atoms with E-state index in [1.54, 1.807) is 12.1 Å². The first-order valence-corrected chi connectivity index (χ1v) is 14.4. The van der Waals surface area contributed by atoms with Gasteiger partial charge in [0.25, 0.3) is 11.8 Å². The van der Waals surface area contributed by atoms with Crippen LogP contribution in [-0.4, -0.2) is 62.4 Å². The first-order valence-electron chi connectivity index (χ1n) is 12.8. The first kappa shape index (κ1) is 27.3. The lowest BCUT2D eigenvalue weighted by Gasteiger charge is -2.50. The normalized spacial score (nSPS) is 33.1. The Kier molecular flexibility index (Phi) is 6.36. The number of carbonyl (C=O) groups is 4. The number of hydrogen-bond acceptors (Lipinski definition) is 6. The molecule has 1 N–H and O–H groups in total. The van der Waals surface area contributed by atoms with E-state index in [0.29, 0.717) is 15.6 Å². The van der Waals surface area contributed by atoms with Gasteiger partial charge in [-0.05, 0) is 57.9 Å². The van der Waals surface area contributed by atoms with Gasteiger partial charge in [-0.15, -0.1) is 23.2 Å². The molecule has 3 fully saturated rings. The van der Waals surface area contributed by atoms with Crippen molar-refractivity contribution in [3.05, 3.63) is 69.7 Å². The Morgan fingerprint density at radius 3 is 2.42 bits per heavy atom. The minimum absolute atomic E-state index is 0.0783. The summed E-state index contributed by atoms with van der Waals surface area (Å²) in [5.41, 5.74) is 1.97. The van der Waals surface area contributed by atoms with Crippen molar-refractivity contribution in [2.24, 2.45) is 17.8 Å². The van der Waals surface area contributed by atoms with Gasteiger partial charge in [-0.1, -0.05) is 42.0 Å². The van der Waals surface area contributed by atoms with Gasteiger partial charge in [0.15, 0.2) is 21.2 Å². The van der Waals surface area contributed by atoms with Crippen LogP contribution < -0.4 is 4.74 Å². The van der Waals surface area contributed by atoms with Gasteiger partial charge in [0.05, 0.1) is 30.0 Å². The Labute approximate surface area is 249 Å². The van der Waals surface area contributed by atoms with E-state index >= 15 is 0 Å². The molecule has 2 aromatic carbocycles. The number of allylic oxidation sites excluding steroid dienone is 2. The summed E-state index contributed by atoms with van der Waals surface area (Å²) in [4.78, 5) is 53.1. The molecule has 0 aromatic heterocycles. The van der Waals surface area contributed by atoms with Crippen LogP contribution >= 0.6 is 39.1 Å². The molecule has 1 saturated carbocycles. The molecule has 0 bridgehead atoms. The number of likely N-dealkylation sites (tertiary alicyclic amines) is 2. The van der Waals surface area contributed by atoms with E-state index in [1.165, 1.54) is 19.1 Å². The molecule has 2 aliphatic carbocycles. The highest BCUT2D eigenvalue weighted by atomic mass is 79.9. The molecule has 2 aromatic rings. The Morgan fingerprint density at radius 1 is 1.05 bits per heavy atom. The number of halogens is 3. The van der Waals surface area contributed by atoms with E-state index < -0.39 is 45.2 Å². The maximum atomic E-state index is 13.9. The van der Waals surface area contributed by atoms with Crippen LogP contribution in [0.1, 0.15) is 29.9 Å². The number of carbonyl (C=O) groups excluding carboxylic acids is 4. The molecule has 0 radical (unpaired) electrons. The monoisotopic (exact) mass is 646 g/mol. The van der Waals surface area contributed by atoms with Gasteiger partial charge < -0.3 is 9.84 Å². The zero-order valence-electron chi connectivity index (χ0n) is 21.6. The van der Waals surface area contributed by atoms with E-state index in [0.717, 1.165) is 10.5 Å². The predicted molar refractivity (Wildman–Crippen MR) is 150 cm³/mol. The highest BCUT2D eigenvalue weighted by molar-refractivity contribution is 9.10. The average Bonchev–Trinajstić information content (AvgIpc) is 3.25. The molecular weight excluding hydrogens is 623 g/mol. The van der Waals surface area contributed by atoms with E-state index in [1.807, 2.05) is 36.4 Å². The molecule has 6 rings (SSSR count). The highest BCUT2D eigenvalue weighted by Gasteiger charge is 2.75. The van der Waals surface area contributed by atoms with Crippen molar-refractivity contribution in [1.29, 1.82) is 0 Å². The predicted octanol–water partition coefficient (Wildman–Crippen LogP) is 4.35. The fraction of sp³-hybridized carbons (Fsp3) is 0.379. The van der Waals surface area contributed by atoms with Gasteiger partial charge in [0.2, 0.25) is 11.8 Å². The first-order chi connectivity index (χ1) is 19.0. The number of rotatable bonds is 4. The number of ether oxygens (including phenoxy) is 1. The van der Waals surface area contributed by atoms with Gasteiger partial charge in [0, 0.05) is 13.0 Å². The fourth-order valence-corrected chi connectivity index (χ4v) is 8.50. The largest absolute Gasteiger partial charge is 0.503 e. The SMILES string of the molecule is COc1cc([C@H]2C3=CC[C@@H]4C(=O)N(Cc5ccccc5)C(=O)[C@@H]4[C@@H]3C[C@@]3(Cl)C(=O)N(C)C(=O)[C@@]23Cl)cc(Br)c1O. The van der Waals surface area contributed by atoms with Crippen molar-refractivity contribution < 1.29 is 29.0 Å². The highest BCUT2D eigenvalue weighted by Crippen LogP contribution is 2.65. The summed E-state index contributed by atoms with van der Waals surface area (Å²) in [6, 6.07) is 12.4. The van der Waals surface area contributed by atoms with E-state index in [4.69, 9.17) is 27.9 Å². The lowest BCUT2D eigenvalue weighted by atomic mass is 9.56. The van der Waals surface area contributed by atoms with Crippen LogP contribution in [0.4, 0.5) is 0 Å². The van der Waals surface area contributed by atoms with Gasteiger partial charge in [-0.3, -0.25) is 29.0 Å². The number of phenolic OH excluding ortho intramolecular Hbond substituents is 1. The minimum Gasteiger partial charge on any atom is -0.503 e. The number of alkyl halides is 2. The van der Waals surface area contributed by atoms with E-state index in [-0.39, 0.29) is 42.7 Å². The zero-order chi connectivity index (χ0) is 28.7. The number of aromatic hydroxyl groups is 1. The van der Waals surface area contributed by atoms with Crippen LogP contribution in [0, 0.1) is 17.8 Å². The number of imide groups is 2. The third-order valence-electron chi connectivity index (χ3n) is 8.89. The number of methoxy groups -OCH3 is 1. The maximum absolute atomic E-state index is 13.9. The molecule has 8 nitrogen and oxygen atoms in total. The zero-order valence-corrected chi connectivity index (χ0v) is 24.7. The molecule has 0 spiro atoms. The third-order valence-corrected chi connectivity index (χ3v) is 10.9. The quantitative estimate of drug-likeness (QED) is 0.301. The third kappa shape index (κ3) is 3.50. The molecule has 4 amide bonds. The lowest BCUT2D eigenvalue weighted by molar-refractivity contribution is -0.141. The minimum atomic E-state index is -1.91. The number of fused-ring (bicyclic) bond motifs is 4. The number of nitrogens with zero attached hydrogens (tertiary/aromatic N) is 2. The van der Waals surface area contributed by atoms with E-state index in [2.05, 4.69) is 15.9 Å². The van der Waals surface area contributed by atoms with Gasteiger partial charge in [0.1, 0.15) is 0 Å². The summed E-state index contributed by atoms with van der Waals surface area (Å²) in [6.07, 6.45) is 2.07. The van der Waals surface area contributed by atoms with Gasteiger partial charge in [-0.25, -0.2) is 0 Å². The molecule has 4 aliphatic rings. The maximum Gasteiger partial charge on any atom is 0.253 e. The molecule has 2 heterocycles. The second kappa shape index (κ2) is 9.33. The van der Waals surface area contributed by atoms with Crippen LogP contribution in [0.2, 0.25) is 0 Å². The molecule has 11 heteroatoms. The van der Waals surface area contributed by atoms with Crippen LogP contribution in [-0.2, 0) is 25.7 Å². The number of hydrogen-bond donors (Lipinski definition) is 1. The number of benzene rings is 2. The Hall–Kier alpha value is -2.88. The van der Waals surface area contributed by atoms with Crippen molar-refractivity contribution in [2.75, 3.05) is 14.2 Å². The second-order valence-corrected chi connectivity index (χ2v) is 12.9. The van der Waals surface area contributed by atoms with Crippen molar-refractivity contribution >= 4 is 62.8 Å². The smallest absolute Gasteiger partial charge is 0.253 e. The van der Waals surface area contributed by atoms with Crippen molar-refractivity contribution in [3.8, 4) is 11.5 Å². The van der Waals surface area contributed by atoms with Crippen molar-refractivity contribution in [1.82, 2.24) is 9.80 Å². The van der Waals surface area contributed by atoms with Crippen molar-refractivity contribution in [3.63, 3.8) is 0 Å². The second-order valence-electron chi connectivity index (χ2n) is 10.8. The number of amides is 4. The Morgan fingerprint density at radius 2 is 1.75 bits per heavy atom. The molecule has 0 unspecified atom stereocenters. The molecule has 2 aliphatic heterocycles. The van der Waals surface area contributed by atoms with Crippen LogP contribution in [0.15, 0.2) is 58.6 Å². The van der Waals surface area contributed by atoms with Crippen LogP contribution in [0.25, 0.3) is 0 Å². The van der Waals surface area contributed by atoms with Crippen molar-refractivity contribution in [2.45, 2.75) is 35.1 Å². The number of phenols is 1. The lowest BCUT2D eigenvalue weighted by Crippen LogP contribution is -2.60. The van der Waals surface area contributed by atoms with Crippen LogP contribution in [0.5, 0.6) is 11.5 Å². The molecule has 6 atom stereocenters. The summed E-state index contributed by atoms with van der Waals surface area (Å²) in [7, 11) is 2.73. The molecule has 2 saturated heterocycles. The fourth-order valence-electron chi connectivity index (χ4n) is 7.02. The topological polar surface area (TPSA) is 104 Å². The van der Waals surface area contributed by atoms with E-state index in [9.17, 15) is 24.3 Å². The molecule has 40 heavy (non-hydrogen) atoms. The summed E-state index contributed by atoms with van der Waals surface area (Å²) in [5, 5.41) is 10.5. The Bertz CT molecular complexity index is 1520. The average molecular weight is 648 g/mol. The van der Waals surface area contributed by atoms with Crippen LogP contribution in [0.3, 0.4) is 0 Å². The molecule has 208 valence electrons. The van der Waals surface area contributed by atoms with Gasteiger partial charge >= 0.3 is 0 Å². The summed E-state index contributed by atoms with van der Waals surface area (Å²) >= 11 is 17.7. The Balaban J connectivity index is 1.50. The summed E-state index contributed by atoms with van der Waals surface area (Å²) in [6.45, 7) is 0.144. The standard InChI is InChI=1S/C29H25BrCl2N2O6/c1-33-26(38)28(31)12-18-16(22(29(28,32)27(33)39)15-10-19(30)23(35)20(11-15)40-2)8-9-17-21(18)25(37)34(24(17)36)13-14-6-4-3-5-7-14/h3-8,10-11,17-18,21-22,35H,9,12-13H2,1-2H3/t17-,18+,21-,22-,28+,29-/m0/s1. The summed E-state index contributed by atoms with van der Waals surface area (Å²) in [5.74, 6) is -4.83. The van der Waals surface area contributed by atoms with Gasteiger partial charge in [-0.2, -0.15) is 0 Å². The molecular formula is C29H25BrCl2N2O6.